The smallest absolute Gasteiger partial charge is 0.230 e. The zero-order valence-corrected chi connectivity index (χ0v) is 19.5. The van der Waals surface area contributed by atoms with Crippen molar-refractivity contribution in [1.29, 1.82) is 0 Å². The second-order valence-corrected chi connectivity index (χ2v) is 9.97. The Balaban J connectivity index is 1.57. The molecule has 0 bridgehead atoms. The molecule has 1 N–H and O–H groups in total. The molecule has 0 saturated heterocycles. The highest BCUT2D eigenvalue weighted by Crippen LogP contribution is 2.30. The molecule has 0 fully saturated rings. The van der Waals surface area contributed by atoms with Crippen molar-refractivity contribution in [3.63, 3.8) is 0 Å². The summed E-state index contributed by atoms with van der Waals surface area (Å²) in [5, 5.41) is 3.37. The molecule has 0 aliphatic carbocycles. The maximum atomic E-state index is 14.0. The van der Waals surface area contributed by atoms with Crippen LogP contribution >= 0.6 is 11.6 Å². The molecule has 0 aliphatic rings. The van der Waals surface area contributed by atoms with Gasteiger partial charge in [-0.05, 0) is 47.5 Å². The van der Waals surface area contributed by atoms with Crippen LogP contribution in [0.2, 0.25) is 5.15 Å². The van der Waals surface area contributed by atoms with Crippen molar-refractivity contribution in [2.45, 2.75) is 12.4 Å². The van der Waals surface area contributed by atoms with Crippen molar-refractivity contribution < 1.29 is 17.5 Å². The van der Waals surface area contributed by atoms with Gasteiger partial charge in [-0.1, -0.05) is 23.7 Å². The second-order valence-electron chi connectivity index (χ2n) is 7.44. The number of halogens is 2. The zero-order chi connectivity index (χ0) is 24.1. The number of rotatable bonds is 8. The molecule has 0 saturated carbocycles. The fourth-order valence-electron chi connectivity index (χ4n) is 3.15. The first-order valence-electron chi connectivity index (χ1n) is 10.0. The van der Waals surface area contributed by atoms with E-state index in [9.17, 15) is 12.8 Å². The number of hydrogen-bond acceptors (Lipinski definition) is 8. The van der Waals surface area contributed by atoms with Gasteiger partial charge in [-0.15, -0.1) is 0 Å². The maximum absolute atomic E-state index is 14.0. The van der Waals surface area contributed by atoms with E-state index in [0.29, 0.717) is 22.0 Å². The van der Waals surface area contributed by atoms with Crippen LogP contribution in [0.15, 0.2) is 67.1 Å². The number of hydrogen-bond donors (Lipinski definition) is 1. The first-order chi connectivity index (χ1) is 16.2. The third-order valence-corrected chi connectivity index (χ3v) is 5.62. The molecule has 2 aromatic heterocycles. The van der Waals surface area contributed by atoms with E-state index in [2.05, 4.69) is 25.3 Å². The molecule has 34 heavy (non-hydrogen) atoms. The highest BCUT2D eigenvalue weighted by Gasteiger charge is 2.13. The monoisotopic (exact) mass is 499 g/mol. The van der Waals surface area contributed by atoms with Gasteiger partial charge in [0.15, 0.2) is 15.7 Å². The van der Waals surface area contributed by atoms with Crippen LogP contribution in [0.25, 0.3) is 11.4 Å². The topological polar surface area (TPSA) is 107 Å². The van der Waals surface area contributed by atoms with Crippen molar-refractivity contribution in [2.24, 2.45) is 0 Å². The largest absolute Gasteiger partial charge is 0.488 e. The third kappa shape index (κ3) is 6.46. The highest BCUT2D eigenvalue weighted by molar-refractivity contribution is 7.89. The van der Waals surface area contributed by atoms with E-state index in [4.69, 9.17) is 16.3 Å². The highest BCUT2D eigenvalue weighted by atomic mass is 35.5. The predicted octanol–water partition coefficient (Wildman–Crippen LogP) is 4.59. The van der Waals surface area contributed by atoms with Crippen molar-refractivity contribution in [2.75, 3.05) is 11.6 Å². The molecule has 0 unspecified atom stereocenters. The van der Waals surface area contributed by atoms with Crippen LogP contribution in [0, 0.1) is 5.82 Å². The Kier molecular flexibility index (Phi) is 6.99. The molecule has 0 amide bonds. The molecule has 0 aliphatic heterocycles. The minimum atomic E-state index is -3.17. The van der Waals surface area contributed by atoms with E-state index in [1.165, 1.54) is 30.8 Å². The van der Waals surface area contributed by atoms with Gasteiger partial charge in [0.25, 0.3) is 0 Å². The SMILES string of the molecule is CS(=O)(=O)Cc1cccc(Nc2ncnc(-c3ccc(F)cc3OCc3ccnc(Cl)c3)n2)c1. The standard InChI is InChI=1S/C23H19ClFN5O3S/c1-34(31,32)13-16-3-2-4-18(9-16)29-23-28-14-27-22(30-23)19-6-5-17(25)11-20(19)33-12-15-7-8-26-21(24)10-15/h2-11,14H,12-13H2,1H3,(H,27,28,29,30). The lowest BCUT2D eigenvalue weighted by molar-refractivity contribution is 0.305. The van der Waals surface area contributed by atoms with Crippen LogP contribution in [0.4, 0.5) is 16.0 Å². The number of benzene rings is 2. The molecule has 8 nitrogen and oxygen atoms in total. The molecule has 2 aromatic carbocycles. The van der Waals surface area contributed by atoms with E-state index in [1.54, 1.807) is 42.6 Å². The van der Waals surface area contributed by atoms with Gasteiger partial charge in [-0.2, -0.15) is 4.98 Å². The number of pyridine rings is 1. The van der Waals surface area contributed by atoms with Crippen LogP contribution < -0.4 is 10.1 Å². The van der Waals surface area contributed by atoms with E-state index in [-0.39, 0.29) is 29.9 Å². The summed E-state index contributed by atoms with van der Waals surface area (Å²) in [4.78, 5) is 16.7. The minimum absolute atomic E-state index is 0.0794. The lowest BCUT2D eigenvalue weighted by Crippen LogP contribution is -2.04. The molecular formula is C23H19ClFN5O3S. The van der Waals surface area contributed by atoms with Crippen molar-refractivity contribution >= 4 is 33.1 Å². The molecule has 4 aromatic rings. The van der Waals surface area contributed by atoms with Gasteiger partial charge in [-0.3, -0.25) is 0 Å². The van der Waals surface area contributed by atoms with Gasteiger partial charge in [-0.25, -0.2) is 27.8 Å². The van der Waals surface area contributed by atoms with Crippen LogP contribution in [-0.4, -0.2) is 34.6 Å². The van der Waals surface area contributed by atoms with Crippen molar-refractivity contribution in [1.82, 2.24) is 19.9 Å². The van der Waals surface area contributed by atoms with Gasteiger partial charge >= 0.3 is 0 Å². The van der Waals surface area contributed by atoms with E-state index < -0.39 is 15.7 Å². The van der Waals surface area contributed by atoms with Crippen molar-refractivity contribution in [3.05, 3.63) is 89.2 Å². The summed E-state index contributed by atoms with van der Waals surface area (Å²) in [6, 6.07) is 14.4. The summed E-state index contributed by atoms with van der Waals surface area (Å²) < 4.78 is 43.0. The van der Waals surface area contributed by atoms with E-state index in [0.717, 1.165) is 5.56 Å². The Bertz CT molecular complexity index is 1440. The maximum Gasteiger partial charge on any atom is 0.230 e. The van der Waals surface area contributed by atoms with Gasteiger partial charge < -0.3 is 10.1 Å². The summed E-state index contributed by atoms with van der Waals surface area (Å²) in [5.41, 5.74) is 2.48. The summed E-state index contributed by atoms with van der Waals surface area (Å²) in [6.07, 6.45) is 4.06. The second kappa shape index (κ2) is 10.1. The number of aromatic nitrogens is 4. The van der Waals surface area contributed by atoms with Gasteiger partial charge in [0, 0.05) is 24.2 Å². The number of nitrogens with zero attached hydrogens (tertiary/aromatic N) is 4. The Morgan fingerprint density at radius 3 is 2.68 bits per heavy atom. The number of anilines is 2. The number of sulfone groups is 1. The summed E-state index contributed by atoms with van der Waals surface area (Å²) in [5.74, 6) is 0.205. The zero-order valence-electron chi connectivity index (χ0n) is 17.9. The van der Waals surface area contributed by atoms with Crippen LogP contribution in [0.3, 0.4) is 0 Å². The summed E-state index contributed by atoms with van der Waals surface area (Å²) >= 11 is 5.91. The first kappa shape index (κ1) is 23.5. The fourth-order valence-corrected chi connectivity index (χ4v) is 4.13. The number of ether oxygens (including phenoxy) is 1. The third-order valence-electron chi connectivity index (χ3n) is 4.55. The molecule has 11 heteroatoms. The Morgan fingerprint density at radius 2 is 1.88 bits per heavy atom. The van der Waals surface area contributed by atoms with E-state index in [1.807, 2.05) is 0 Å². The molecule has 4 rings (SSSR count). The number of nitrogens with one attached hydrogen (secondary N) is 1. The first-order valence-corrected chi connectivity index (χ1v) is 12.4. The Hall–Kier alpha value is -3.63. The quantitative estimate of drug-likeness (QED) is 0.351. The average molecular weight is 500 g/mol. The average Bonchev–Trinajstić information content (AvgIpc) is 2.77. The predicted molar refractivity (Wildman–Crippen MR) is 127 cm³/mol. The van der Waals surface area contributed by atoms with Crippen molar-refractivity contribution in [3.8, 4) is 17.1 Å². The molecule has 0 spiro atoms. The normalized spacial score (nSPS) is 11.3. The van der Waals surface area contributed by atoms with Crippen LogP contribution in [0.1, 0.15) is 11.1 Å². The van der Waals surface area contributed by atoms with Gasteiger partial charge in [0.05, 0.1) is 11.3 Å². The minimum Gasteiger partial charge on any atom is -0.488 e. The fraction of sp³-hybridized carbons (Fsp3) is 0.130. The molecular weight excluding hydrogens is 481 g/mol. The molecule has 0 radical (unpaired) electrons. The van der Waals surface area contributed by atoms with Gasteiger partial charge in [0.1, 0.15) is 29.7 Å². The lowest BCUT2D eigenvalue weighted by atomic mass is 10.2. The Morgan fingerprint density at radius 1 is 1.03 bits per heavy atom. The van der Waals surface area contributed by atoms with E-state index >= 15 is 0 Å². The van der Waals surface area contributed by atoms with Crippen LogP contribution in [0.5, 0.6) is 5.75 Å². The molecule has 0 atom stereocenters. The summed E-state index contributed by atoms with van der Waals surface area (Å²) in [7, 11) is -3.17. The van der Waals surface area contributed by atoms with Crippen LogP contribution in [-0.2, 0) is 22.2 Å². The van der Waals surface area contributed by atoms with Gasteiger partial charge in [0.2, 0.25) is 5.95 Å². The lowest BCUT2D eigenvalue weighted by Gasteiger charge is -2.12. The Labute approximate surface area is 200 Å². The molecule has 2 heterocycles. The summed E-state index contributed by atoms with van der Waals surface area (Å²) in [6.45, 7) is 0.141. The molecule has 174 valence electrons.